The molecule has 0 saturated heterocycles. The minimum absolute atomic E-state index is 0.0156. The largest absolute Gasteiger partial charge is 0.469 e. The van der Waals surface area contributed by atoms with E-state index >= 15 is 0 Å². The second-order valence-corrected chi connectivity index (χ2v) is 5.22. The quantitative estimate of drug-likeness (QED) is 0.572. The lowest BCUT2D eigenvalue weighted by Gasteiger charge is -2.03. The van der Waals surface area contributed by atoms with Gasteiger partial charge in [-0.2, -0.15) is 4.80 Å². The number of hydrogen-bond acceptors (Lipinski definition) is 6. The highest BCUT2D eigenvalue weighted by Gasteiger charge is 2.09. The highest BCUT2D eigenvalue weighted by molar-refractivity contribution is 5.75. The Bertz CT molecular complexity index is 681. The molecule has 0 atom stereocenters. The van der Waals surface area contributed by atoms with E-state index in [2.05, 4.69) is 32.4 Å². The van der Waals surface area contributed by atoms with E-state index in [0.717, 1.165) is 12.0 Å². The van der Waals surface area contributed by atoms with Crippen LogP contribution in [0.25, 0.3) is 11.4 Å². The first-order valence-electron chi connectivity index (χ1n) is 7.83. The summed E-state index contributed by atoms with van der Waals surface area (Å²) in [6, 6.07) is 7.91. The number of benzene rings is 1. The summed E-state index contributed by atoms with van der Waals surface area (Å²) in [4.78, 5) is 24.0. The van der Waals surface area contributed by atoms with Crippen molar-refractivity contribution in [1.29, 1.82) is 0 Å². The van der Waals surface area contributed by atoms with Crippen molar-refractivity contribution in [3.63, 3.8) is 0 Å². The number of rotatable bonds is 8. The van der Waals surface area contributed by atoms with Crippen molar-refractivity contribution >= 4 is 11.9 Å². The molecule has 1 aromatic heterocycles. The molecule has 8 heteroatoms. The normalized spacial score (nSPS) is 10.4. The van der Waals surface area contributed by atoms with Gasteiger partial charge in [0, 0.05) is 18.5 Å². The highest BCUT2D eigenvalue weighted by Crippen LogP contribution is 2.14. The zero-order valence-corrected chi connectivity index (χ0v) is 13.9. The van der Waals surface area contributed by atoms with Crippen LogP contribution in [0.2, 0.25) is 0 Å². The molecule has 8 nitrogen and oxygen atoms in total. The van der Waals surface area contributed by atoms with Gasteiger partial charge in [-0.15, -0.1) is 10.2 Å². The van der Waals surface area contributed by atoms with Crippen LogP contribution in [0.1, 0.15) is 25.3 Å². The Kier molecular flexibility index (Phi) is 6.41. The number of ether oxygens (including phenoxy) is 1. The first-order chi connectivity index (χ1) is 11.6. The SMILES string of the molecule is CCc1ccc(-c2nnn(CC(=O)NCCCC(=O)OC)n2)cc1. The molecule has 0 bridgehead atoms. The number of tetrazole rings is 1. The van der Waals surface area contributed by atoms with Gasteiger partial charge in [-0.1, -0.05) is 31.2 Å². The van der Waals surface area contributed by atoms with Gasteiger partial charge in [0.2, 0.25) is 11.7 Å². The Balaban J connectivity index is 1.82. The van der Waals surface area contributed by atoms with Gasteiger partial charge in [-0.3, -0.25) is 9.59 Å². The molecule has 2 aromatic rings. The van der Waals surface area contributed by atoms with Crippen LogP contribution in [0.5, 0.6) is 0 Å². The molecule has 0 aliphatic carbocycles. The van der Waals surface area contributed by atoms with E-state index < -0.39 is 0 Å². The smallest absolute Gasteiger partial charge is 0.305 e. The van der Waals surface area contributed by atoms with Gasteiger partial charge >= 0.3 is 5.97 Å². The second kappa shape index (κ2) is 8.76. The van der Waals surface area contributed by atoms with Crippen LogP contribution in [0.3, 0.4) is 0 Å². The predicted molar refractivity (Wildman–Crippen MR) is 86.9 cm³/mol. The lowest BCUT2D eigenvalue weighted by Crippen LogP contribution is -2.29. The lowest BCUT2D eigenvalue weighted by molar-refractivity contribution is -0.140. The third-order valence-corrected chi connectivity index (χ3v) is 3.47. The van der Waals surface area contributed by atoms with Crippen LogP contribution in [0.4, 0.5) is 0 Å². The van der Waals surface area contributed by atoms with E-state index in [1.807, 2.05) is 24.3 Å². The number of aryl methyl sites for hydroxylation is 1. The fourth-order valence-corrected chi connectivity index (χ4v) is 2.06. The van der Waals surface area contributed by atoms with Crippen LogP contribution < -0.4 is 5.32 Å². The van der Waals surface area contributed by atoms with Gasteiger partial charge in [-0.25, -0.2) is 0 Å². The van der Waals surface area contributed by atoms with Crippen LogP contribution in [0, 0.1) is 0 Å². The molecule has 128 valence electrons. The molecule has 0 unspecified atom stereocenters. The molecule has 24 heavy (non-hydrogen) atoms. The molecule has 1 heterocycles. The van der Waals surface area contributed by atoms with Crippen LogP contribution in [-0.2, 0) is 27.3 Å². The summed E-state index contributed by atoms with van der Waals surface area (Å²) in [5, 5.41) is 14.8. The molecule has 0 aliphatic heterocycles. The second-order valence-electron chi connectivity index (χ2n) is 5.22. The number of hydrogen-bond donors (Lipinski definition) is 1. The van der Waals surface area contributed by atoms with Crippen LogP contribution in [-0.4, -0.2) is 45.7 Å². The number of nitrogens with one attached hydrogen (secondary N) is 1. The zero-order chi connectivity index (χ0) is 17.4. The average Bonchev–Trinajstić information content (AvgIpc) is 3.07. The number of nitrogens with zero attached hydrogens (tertiary/aromatic N) is 4. The van der Waals surface area contributed by atoms with Gasteiger partial charge < -0.3 is 10.1 Å². The summed E-state index contributed by atoms with van der Waals surface area (Å²) < 4.78 is 4.53. The van der Waals surface area contributed by atoms with Gasteiger partial charge in [0.15, 0.2) is 0 Å². The molecular weight excluding hydrogens is 310 g/mol. The molecule has 0 radical (unpaired) electrons. The maximum atomic E-state index is 11.8. The van der Waals surface area contributed by atoms with E-state index in [0.29, 0.717) is 18.8 Å². The fraction of sp³-hybridized carbons (Fsp3) is 0.438. The van der Waals surface area contributed by atoms with Crippen molar-refractivity contribution in [2.75, 3.05) is 13.7 Å². The van der Waals surface area contributed by atoms with Gasteiger partial charge in [0.1, 0.15) is 6.54 Å². The summed E-state index contributed by atoms with van der Waals surface area (Å²) in [5.41, 5.74) is 2.09. The van der Waals surface area contributed by atoms with Gasteiger partial charge in [0.05, 0.1) is 7.11 Å². The Morgan fingerprint density at radius 2 is 2.00 bits per heavy atom. The summed E-state index contributed by atoms with van der Waals surface area (Å²) in [6.07, 6.45) is 1.77. The Labute approximate surface area is 140 Å². The van der Waals surface area contributed by atoms with E-state index in [1.54, 1.807) is 0 Å². The maximum absolute atomic E-state index is 11.8. The number of carbonyl (C=O) groups excluding carboxylic acids is 2. The highest BCUT2D eigenvalue weighted by atomic mass is 16.5. The number of methoxy groups -OCH3 is 1. The third-order valence-electron chi connectivity index (χ3n) is 3.47. The predicted octanol–water partition coefficient (Wildman–Crippen LogP) is 0.972. The summed E-state index contributed by atoms with van der Waals surface area (Å²) in [6.45, 7) is 2.47. The van der Waals surface area contributed by atoms with Crippen molar-refractivity contribution in [3.8, 4) is 11.4 Å². The number of aromatic nitrogens is 4. The molecule has 1 N–H and O–H groups in total. The van der Waals surface area contributed by atoms with Crippen molar-refractivity contribution in [1.82, 2.24) is 25.5 Å². The number of esters is 1. The number of amides is 1. The molecule has 0 aliphatic rings. The topological polar surface area (TPSA) is 99.0 Å². The van der Waals surface area contributed by atoms with Gasteiger partial charge in [0.25, 0.3) is 0 Å². The Hall–Kier alpha value is -2.77. The summed E-state index contributed by atoms with van der Waals surface area (Å²) in [5.74, 6) is -0.0396. The summed E-state index contributed by atoms with van der Waals surface area (Å²) >= 11 is 0. The minimum atomic E-state index is -0.291. The molecule has 1 amide bonds. The van der Waals surface area contributed by atoms with Crippen molar-refractivity contribution in [2.45, 2.75) is 32.7 Å². The van der Waals surface area contributed by atoms with Crippen LogP contribution in [0.15, 0.2) is 24.3 Å². The molecular formula is C16H21N5O3. The molecule has 0 spiro atoms. The zero-order valence-electron chi connectivity index (χ0n) is 13.9. The van der Waals surface area contributed by atoms with Crippen molar-refractivity contribution in [2.24, 2.45) is 0 Å². The average molecular weight is 331 g/mol. The van der Waals surface area contributed by atoms with E-state index in [4.69, 9.17) is 0 Å². The Morgan fingerprint density at radius 1 is 1.25 bits per heavy atom. The van der Waals surface area contributed by atoms with Crippen LogP contribution >= 0.6 is 0 Å². The molecule has 0 fully saturated rings. The maximum Gasteiger partial charge on any atom is 0.305 e. The van der Waals surface area contributed by atoms with Gasteiger partial charge in [-0.05, 0) is 23.6 Å². The number of carbonyl (C=O) groups is 2. The molecule has 0 saturated carbocycles. The van der Waals surface area contributed by atoms with Crippen molar-refractivity contribution in [3.05, 3.63) is 29.8 Å². The van der Waals surface area contributed by atoms with E-state index in [-0.39, 0.29) is 24.8 Å². The molecule has 2 rings (SSSR count). The standard InChI is InChI=1S/C16H21N5O3/c1-3-12-6-8-13(9-7-12)16-18-20-21(19-16)11-14(22)17-10-4-5-15(23)24-2/h6-9H,3-5,10-11H2,1-2H3,(H,17,22). The van der Waals surface area contributed by atoms with E-state index in [1.165, 1.54) is 17.5 Å². The summed E-state index contributed by atoms with van der Waals surface area (Å²) in [7, 11) is 1.34. The van der Waals surface area contributed by atoms with Crippen molar-refractivity contribution < 1.29 is 14.3 Å². The molecule has 1 aromatic carbocycles. The third kappa shape index (κ3) is 5.15. The lowest BCUT2D eigenvalue weighted by atomic mass is 10.1. The first-order valence-corrected chi connectivity index (χ1v) is 7.83. The Morgan fingerprint density at radius 3 is 2.67 bits per heavy atom. The first kappa shape index (κ1) is 17.6. The van der Waals surface area contributed by atoms with E-state index in [9.17, 15) is 9.59 Å². The fourth-order valence-electron chi connectivity index (χ4n) is 2.06. The minimum Gasteiger partial charge on any atom is -0.469 e. The monoisotopic (exact) mass is 331 g/mol.